The molecule has 0 atom stereocenters. The molecule has 386 valence electrons. The molecule has 0 saturated carbocycles. The summed E-state index contributed by atoms with van der Waals surface area (Å²) < 4.78 is 15.7. The number of hydrogen-bond acceptors (Lipinski definition) is 9. The first-order valence-electron chi connectivity index (χ1n) is 26.2. The van der Waals surface area contributed by atoms with Crippen LogP contribution in [0, 0.1) is 0 Å². The van der Waals surface area contributed by atoms with Crippen molar-refractivity contribution in [3.63, 3.8) is 0 Å². The lowest BCUT2D eigenvalue weighted by Crippen LogP contribution is -2.27. The Kier molecular flexibility index (Phi) is 11.7. The number of aromatic hydroxyl groups is 4. The SMILES string of the molecule is [B]c1c(O)c(O)c2c(c1[B])c1c([B])c(O)c([B])c(O)c1n2-c1nc(-c2cc(C(C)(C)C)cc3c2oc2c(C(C)(C)C)cc(C(C)(C)C)cc23)nc(-c2cc(C(C)(C)C)cc3c2oc2c(C(C)(C)C)cc(C(C)(C)C)cc23)n1. The van der Waals surface area contributed by atoms with E-state index in [1.54, 1.807) is 0 Å². The minimum absolute atomic E-state index is 0.00283. The summed E-state index contributed by atoms with van der Waals surface area (Å²) in [6.45, 7) is 39.2. The minimum atomic E-state index is -0.735. The van der Waals surface area contributed by atoms with Gasteiger partial charge >= 0.3 is 0 Å². The Morgan fingerprint density at radius 2 is 0.714 bits per heavy atom. The van der Waals surface area contributed by atoms with E-state index < -0.39 is 39.3 Å². The molecule has 0 aliphatic rings. The molecule has 10 aromatic rings. The zero-order valence-electron chi connectivity index (χ0n) is 47.8. The van der Waals surface area contributed by atoms with Crippen LogP contribution in [0.5, 0.6) is 23.0 Å². The summed E-state index contributed by atoms with van der Waals surface area (Å²) in [6, 6.07) is 17.4. The smallest absolute Gasteiger partial charge is 0.239 e. The zero-order chi connectivity index (χ0) is 56.7. The quantitative estimate of drug-likeness (QED) is 0.100. The average molecular weight is 1020 g/mol. The van der Waals surface area contributed by atoms with Gasteiger partial charge in [-0.15, -0.1) is 0 Å². The van der Waals surface area contributed by atoms with Crippen LogP contribution < -0.4 is 21.9 Å². The van der Waals surface area contributed by atoms with E-state index in [2.05, 4.69) is 161 Å². The van der Waals surface area contributed by atoms with E-state index in [4.69, 9.17) is 55.2 Å². The molecule has 14 heteroatoms. The van der Waals surface area contributed by atoms with Crippen LogP contribution in [-0.2, 0) is 32.5 Å². The summed E-state index contributed by atoms with van der Waals surface area (Å²) in [7, 11) is 26.2. The maximum absolute atomic E-state index is 12.2. The van der Waals surface area contributed by atoms with Crippen LogP contribution in [0.2, 0.25) is 0 Å². The number of phenolic OH excluding ortho intramolecular Hbond substituents is 4. The van der Waals surface area contributed by atoms with Crippen molar-refractivity contribution in [2.45, 2.75) is 157 Å². The first-order valence-corrected chi connectivity index (χ1v) is 26.2. The van der Waals surface area contributed by atoms with Gasteiger partial charge in [-0.3, -0.25) is 4.57 Å². The molecule has 0 amide bonds. The predicted molar refractivity (Wildman–Crippen MR) is 320 cm³/mol. The van der Waals surface area contributed by atoms with Crippen LogP contribution >= 0.6 is 0 Å². The van der Waals surface area contributed by atoms with Crippen molar-refractivity contribution in [1.82, 2.24) is 19.5 Å². The van der Waals surface area contributed by atoms with Crippen LogP contribution in [0.4, 0.5) is 0 Å². The number of hydrogen-bond donors (Lipinski definition) is 4. The zero-order valence-corrected chi connectivity index (χ0v) is 47.8. The van der Waals surface area contributed by atoms with E-state index >= 15 is 0 Å². The summed E-state index contributed by atoms with van der Waals surface area (Å²) in [5.74, 6) is -2.54. The molecule has 6 aromatic carbocycles. The van der Waals surface area contributed by atoms with Crippen LogP contribution in [0.25, 0.3) is 94.4 Å². The van der Waals surface area contributed by atoms with Gasteiger partial charge in [0.15, 0.2) is 23.1 Å². The summed E-state index contributed by atoms with van der Waals surface area (Å²) >= 11 is 0. The topological polar surface area (TPSA) is 151 Å². The first kappa shape index (κ1) is 53.6. The number of fused-ring (bicyclic) bond motifs is 9. The normalized spacial score (nSPS) is 13.5. The fraction of sp³-hybridized carbons (Fsp3) is 0.381. The maximum Gasteiger partial charge on any atom is 0.239 e. The van der Waals surface area contributed by atoms with Crippen molar-refractivity contribution in [2.24, 2.45) is 0 Å². The van der Waals surface area contributed by atoms with Gasteiger partial charge in [0, 0.05) is 43.4 Å². The van der Waals surface area contributed by atoms with Crippen molar-refractivity contribution in [3.8, 4) is 51.7 Å². The second kappa shape index (κ2) is 16.8. The Hall–Kier alpha value is -6.81. The molecule has 10 rings (SSSR count). The molecule has 4 N–H and O–H groups in total. The third-order valence-corrected chi connectivity index (χ3v) is 15.4. The van der Waals surface area contributed by atoms with Crippen molar-refractivity contribution in [3.05, 3.63) is 81.9 Å². The lowest BCUT2D eigenvalue weighted by molar-refractivity contribution is 0.410. The van der Waals surface area contributed by atoms with Crippen LogP contribution in [0.1, 0.15) is 158 Å². The van der Waals surface area contributed by atoms with Crippen LogP contribution in [-0.4, -0.2) is 71.3 Å². The van der Waals surface area contributed by atoms with E-state index in [0.717, 1.165) is 66.1 Å². The largest absolute Gasteiger partial charge is 0.509 e. The Morgan fingerprint density at radius 1 is 0.364 bits per heavy atom. The van der Waals surface area contributed by atoms with Gasteiger partial charge in [0.2, 0.25) is 5.95 Å². The lowest BCUT2D eigenvalue weighted by atomic mass is 9.75. The number of nitrogens with zero attached hydrogens (tertiary/aromatic N) is 4. The standard InChI is InChI=1S/C63H66B4N4O6/c1-58(2,3)27-19-31-33-21-29(60(7,8)9)25-37(62(13,14)15)53(33)76-51(31)35(23-27)55-68-56(36-24-28(59(4,5)6)20-32-34-22-30(61(10,11)12)26-38(63(16,17)18)54(34)77-52(32)36)70-57(69-55)71-45-40(42(65)47(72)44(67)48(45)73)39-41(64)43(66)49(74)50(75)46(39)71/h19-26,72-75H,1-18H3. The highest BCUT2D eigenvalue weighted by Crippen LogP contribution is 2.48. The second-order valence-electron chi connectivity index (χ2n) is 27.4. The molecule has 0 aliphatic heterocycles. The molecule has 4 aromatic heterocycles. The van der Waals surface area contributed by atoms with Gasteiger partial charge in [-0.25, -0.2) is 4.98 Å². The van der Waals surface area contributed by atoms with E-state index in [1.807, 2.05) is 12.1 Å². The van der Waals surface area contributed by atoms with E-state index in [9.17, 15) is 20.4 Å². The van der Waals surface area contributed by atoms with Crippen molar-refractivity contribution < 1.29 is 29.3 Å². The second-order valence-corrected chi connectivity index (χ2v) is 27.4. The Bertz CT molecular complexity index is 3930. The molecular formula is C63H66B4N4O6. The van der Waals surface area contributed by atoms with Gasteiger partial charge < -0.3 is 29.3 Å². The summed E-state index contributed by atoms with van der Waals surface area (Å²) in [4.78, 5) is 16.1. The molecule has 4 heterocycles. The molecular weight excluding hydrogens is 952 g/mol. The highest BCUT2D eigenvalue weighted by Gasteiger charge is 2.34. The summed E-state index contributed by atoms with van der Waals surface area (Å²) in [5.41, 5.74) is 6.50. The summed E-state index contributed by atoms with van der Waals surface area (Å²) in [5, 5.41) is 50.6. The molecule has 8 radical (unpaired) electrons. The van der Waals surface area contributed by atoms with E-state index in [0.29, 0.717) is 22.3 Å². The van der Waals surface area contributed by atoms with Gasteiger partial charge in [0.1, 0.15) is 70.7 Å². The minimum Gasteiger partial charge on any atom is -0.509 e. The van der Waals surface area contributed by atoms with Crippen LogP contribution in [0.15, 0.2) is 57.4 Å². The fourth-order valence-electron chi connectivity index (χ4n) is 10.6. The van der Waals surface area contributed by atoms with Gasteiger partial charge in [-0.05, 0) is 102 Å². The third kappa shape index (κ3) is 8.37. The summed E-state index contributed by atoms with van der Waals surface area (Å²) in [6.07, 6.45) is 0. The molecule has 0 fully saturated rings. The Labute approximate surface area is 456 Å². The van der Waals surface area contributed by atoms with Crippen molar-refractivity contribution >= 4 is 119 Å². The highest BCUT2D eigenvalue weighted by molar-refractivity contribution is 6.58. The number of phenols is 4. The first-order chi connectivity index (χ1) is 35.3. The van der Waals surface area contributed by atoms with Crippen molar-refractivity contribution in [2.75, 3.05) is 0 Å². The molecule has 0 unspecified atom stereocenters. The average Bonchev–Trinajstić information content (AvgIpc) is 4.03. The van der Waals surface area contributed by atoms with E-state index in [1.165, 1.54) is 4.57 Å². The number of benzene rings is 6. The van der Waals surface area contributed by atoms with Gasteiger partial charge in [-0.1, -0.05) is 148 Å². The highest BCUT2D eigenvalue weighted by atomic mass is 16.3. The van der Waals surface area contributed by atoms with Crippen LogP contribution in [0.3, 0.4) is 0 Å². The van der Waals surface area contributed by atoms with Gasteiger partial charge in [0.05, 0.1) is 16.6 Å². The lowest BCUT2D eigenvalue weighted by Gasteiger charge is -2.25. The molecule has 0 spiro atoms. The maximum atomic E-state index is 12.2. The fourth-order valence-corrected chi connectivity index (χ4v) is 10.6. The number of rotatable bonds is 3. The third-order valence-electron chi connectivity index (χ3n) is 15.4. The van der Waals surface area contributed by atoms with Crippen molar-refractivity contribution in [1.29, 1.82) is 0 Å². The monoisotopic (exact) mass is 1020 g/mol. The molecule has 0 saturated heterocycles. The molecule has 0 aliphatic carbocycles. The number of aromatic nitrogens is 4. The van der Waals surface area contributed by atoms with Gasteiger partial charge in [0.25, 0.3) is 0 Å². The van der Waals surface area contributed by atoms with E-state index in [-0.39, 0.29) is 77.5 Å². The van der Waals surface area contributed by atoms with Gasteiger partial charge in [-0.2, -0.15) is 9.97 Å². The molecule has 10 nitrogen and oxygen atoms in total. The number of furan rings is 2. The molecule has 77 heavy (non-hydrogen) atoms. The Morgan fingerprint density at radius 3 is 1.09 bits per heavy atom. The molecule has 0 bridgehead atoms. The predicted octanol–water partition coefficient (Wildman–Crippen LogP) is 11.9. The Balaban J connectivity index is 1.46.